The molecule has 1 aliphatic rings. The summed E-state index contributed by atoms with van der Waals surface area (Å²) < 4.78 is 10.6. The molecule has 84 valence electrons. The van der Waals surface area contributed by atoms with Gasteiger partial charge in [0, 0.05) is 6.21 Å². The lowest BCUT2D eigenvalue weighted by molar-refractivity contribution is 0.174. The van der Waals surface area contributed by atoms with Crippen LogP contribution < -0.4 is 9.47 Å². The number of nitrogens with zero attached hydrogens (tertiary/aromatic N) is 1. The molecular weight excluding hydrogens is 214 g/mol. The van der Waals surface area contributed by atoms with Gasteiger partial charge in [0.05, 0.1) is 5.69 Å². The molecule has 0 radical (unpaired) electrons. The Hall–Kier alpha value is -2.29. The van der Waals surface area contributed by atoms with Crippen molar-refractivity contribution in [1.82, 2.24) is 0 Å². The monoisotopic (exact) mass is 225 g/mol. The van der Waals surface area contributed by atoms with Crippen LogP contribution in [0.5, 0.6) is 11.5 Å². The quantitative estimate of drug-likeness (QED) is 0.735. The van der Waals surface area contributed by atoms with E-state index in [2.05, 4.69) is 4.99 Å². The van der Waals surface area contributed by atoms with Gasteiger partial charge < -0.3 is 9.47 Å². The Balaban J connectivity index is 1.84. The summed E-state index contributed by atoms with van der Waals surface area (Å²) in [6, 6.07) is 15.6. The molecule has 2 aromatic carbocycles. The minimum Gasteiger partial charge on any atom is -0.454 e. The average molecular weight is 225 g/mol. The lowest BCUT2D eigenvalue weighted by Gasteiger charge is -1.97. The van der Waals surface area contributed by atoms with Crippen molar-refractivity contribution in [2.75, 3.05) is 6.79 Å². The second-order valence-electron chi connectivity index (χ2n) is 3.71. The molecule has 0 saturated heterocycles. The van der Waals surface area contributed by atoms with Crippen molar-refractivity contribution in [3.8, 4) is 11.5 Å². The molecule has 0 atom stereocenters. The van der Waals surface area contributed by atoms with Crippen LogP contribution in [-0.4, -0.2) is 13.0 Å². The zero-order valence-corrected chi connectivity index (χ0v) is 9.17. The van der Waals surface area contributed by atoms with E-state index in [1.165, 1.54) is 0 Å². The molecule has 2 aromatic rings. The highest BCUT2D eigenvalue weighted by molar-refractivity contribution is 5.83. The second kappa shape index (κ2) is 4.29. The first-order valence-electron chi connectivity index (χ1n) is 5.40. The van der Waals surface area contributed by atoms with Gasteiger partial charge in [-0.3, -0.25) is 4.99 Å². The molecular formula is C14H11NO2. The van der Waals surface area contributed by atoms with Gasteiger partial charge in [-0.2, -0.15) is 0 Å². The Morgan fingerprint density at radius 2 is 1.76 bits per heavy atom. The predicted octanol–water partition coefficient (Wildman–Crippen LogP) is 3.17. The zero-order chi connectivity index (χ0) is 11.5. The van der Waals surface area contributed by atoms with Crippen LogP contribution in [0.2, 0.25) is 0 Å². The van der Waals surface area contributed by atoms with Gasteiger partial charge in [-0.25, -0.2) is 0 Å². The van der Waals surface area contributed by atoms with Crippen molar-refractivity contribution in [3.05, 3.63) is 54.1 Å². The Bertz CT molecular complexity index is 549. The molecule has 0 amide bonds. The molecule has 1 aliphatic heterocycles. The van der Waals surface area contributed by atoms with Crippen LogP contribution in [0.1, 0.15) is 5.56 Å². The molecule has 3 heteroatoms. The molecule has 3 nitrogen and oxygen atoms in total. The Morgan fingerprint density at radius 3 is 2.65 bits per heavy atom. The van der Waals surface area contributed by atoms with Crippen molar-refractivity contribution < 1.29 is 9.47 Å². The lowest BCUT2D eigenvalue weighted by atomic mass is 10.2. The second-order valence-corrected chi connectivity index (χ2v) is 3.71. The van der Waals surface area contributed by atoms with E-state index in [1.807, 2.05) is 54.7 Å². The third kappa shape index (κ3) is 2.13. The van der Waals surface area contributed by atoms with Crippen LogP contribution in [0, 0.1) is 0 Å². The molecule has 0 aliphatic carbocycles. The van der Waals surface area contributed by atoms with Gasteiger partial charge in [0.25, 0.3) is 0 Å². The fraction of sp³-hybridized carbons (Fsp3) is 0.0714. The van der Waals surface area contributed by atoms with Gasteiger partial charge in [0.2, 0.25) is 6.79 Å². The normalized spacial score (nSPS) is 13.2. The molecule has 0 saturated carbocycles. The first-order valence-corrected chi connectivity index (χ1v) is 5.40. The number of aliphatic imine (C=N–C) groups is 1. The molecule has 0 N–H and O–H groups in total. The van der Waals surface area contributed by atoms with E-state index < -0.39 is 0 Å². The van der Waals surface area contributed by atoms with E-state index >= 15 is 0 Å². The van der Waals surface area contributed by atoms with E-state index in [4.69, 9.17) is 9.47 Å². The van der Waals surface area contributed by atoms with E-state index in [-0.39, 0.29) is 0 Å². The Labute approximate surface area is 99.3 Å². The standard InChI is InChI=1S/C14H11NO2/c1-2-4-12(5-3-1)15-9-11-6-7-13-14(8-11)17-10-16-13/h1-9H,10H2. The third-order valence-corrected chi connectivity index (χ3v) is 2.52. The summed E-state index contributed by atoms with van der Waals surface area (Å²) in [7, 11) is 0. The van der Waals surface area contributed by atoms with Gasteiger partial charge >= 0.3 is 0 Å². The van der Waals surface area contributed by atoms with Gasteiger partial charge in [-0.1, -0.05) is 18.2 Å². The topological polar surface area (TPSA) is 30.8 Å². The molecule has 0 unspecified atom stereocenters. The Kier molecular flexibility index (Phi) is 2.50. The number of para-hydroxylation sites is 1. The van der Waals surface area contributed by atoms with Crippen molar-refractivity contribution in [1.29, 1.82) is 0 Å². The number of ether oxygens (including phenoxy) is 2. The van der Waals surface area contributed by atoms with Gasteiger partial charge in [-0.15, -0.1) is 0 Å². The number of hydrogen-bond acceptors (Lipinski definition) is 3. The maximum absolute atomic E-state index is 5.31. The average Bonchev–Trinajstić information content (AvgIpc) is 2.85. The fourth-order valence-corrected chi connectivity index (χ4v) is 1.66. The SMILES string of the molecule is C(=Nc1ccccc1)c1ccc2c(c1)OCO2. The minimum absolute atomic E-state index is 0.300. The van der Waals surface area contributed by atoms with Crippen LogP contribution >= 0.6 is 0 Å². The van der Waals surface area contributed by atoms with Crippen molar-refractivity contribution in [3.63, 3.8) is 0 Å². The largest absolute Gasteiger partial charge is 0.454 e. The summed E-state index contributed by atoms with van der Waals surface area (Å²) in [5, 5.41) is 0. The number of rotatable bonds is 2. The van der Waals surface area contributed by atoms with Crippen LogP contribution in [0.3, 0.4) is 0 Å². The summed E-state index contributed by atoms with van der Waals surface area (Å²) in [5.74, 6) is 1.57. The van der Waals surface area contributed by atoms with Crippen LogP contribution in [0.4, 0.5) is 5.69 Å². The number of fused-ring (bicyclic) bond motifs is 1. The van der Waals surface area contributed by atoms with Gasteiger partial charge in [-0.05, 0) is 35.9 Å². The molecule has 3 rings (SSSR count). The predicted molar refractivity (Wildman–Crippen MR) is 66.3 cm³/mol. The summed E-state index contributed by atoms with van der Waals surface area (Å²) in [6.45, 7) is 0.300. The first-order chi connectivity index (χ1) is 8.42. The van der Waals surface area contributed by atoms with Crippen molar-refractivity contribution in [2.24, 2.45) is 4.99 Å². The third-order valence-electron chi connectivity index (χ3n) is 2.52. The van der Waals surface area contributed by atoms with Gasteiger partial charge in [0.15, 0.2) is 11.5 Å². The molecule has 0 aromatic heterocycles. The fourth-order valence-electron chi connectivity index (χ4n) is 1.66. The lowest BCUT2D eigenvalue weighted by Crippen LogP contribution is -1.92. The van der Waals surface area contributed by atoms with Crippen LogP contribution in [0.25, 0.3) is 0 Å². The summed E-state index contributed by atoms with van der Waals surface area (Å²) in [6.07, 6.45) is 1.82. The van der Waals surface area contributed by atoms with E-state index in [1.54, 1.807) is 0 Å². The highest BCUT2D eigenvalue weighted by Gasteiger charge is 2.12. The molecule has 17 heavy (non-hydrogen) atoms. The smallest absolute Gasteiger partial charge is 0.231 e. The van der Waals surface area contributed by atoms with Crippen LogP contribution in [0.15, 0.2) is 53.5 Å². The molecule has 1 heterocycles. The van der Waals surface area contributed by atoms with E-state index in [9.17, 15) is 0 Å². The number of hydrogen-bond donors (Lipinski definition) is 0. The minimum atomic E-state index is 0.300. The maximum atomic E-state index is 5.31. The highest BCUT2D eigenvalue weighted by atomic mass is 16.7. The summed E-state index contributed by atoms with van der Waals surface area (Å²) in [5.41, 5.74) is 1.93. The van der Waals surface area contributed by atoms with Crippen molar-refractivity contribution in [2.45, 2.75) is 0 Å². The zero-order valence-electron chi connectivity index (χ0n) is 9.17. The van der Waals surface area contributed by atoms with Crippen molar-refractivity contribution >= 4 is 11.9 Å². The number of benzene rings is 2. The molecule has 0 bridgehead atoms. The maximum Gasteiger partial charge on any atom is 0.231 e. The highest BCUT2D eigenvalue weighted by Crippen LogP contribution is 2.32. The summed E-state index contributed by atoms with van der Waals surface area (Å²) in [4.78, 5) is 4.38. The molecule has 0 spiro atoms. The van der Waals surface area contributed by atoms with E-state index in [0.29, 0.717) is 6.79 Å². The first kappa shape index (κ1) is 9.90. The summed E-state index contributed by atoms with van der Waals surface area (Å²) >= 11 is 0. The van der Waals surface area contributed by atoms with Crippen LogP contribution in [-0.2, 0) is 0 Å². The van der Waals surface area contributed by atoms with Gasteiger partial charge in [0.1, 0.15) is 0 Å². The Morgan fingerprint density at radius 1 is 0.941 bits per heavy atom. The van der Waals surface area contributed by atoms with E-state index in [0.717, 1.165) is 22.7 Å². The molecule has 0 fully saturated rings.